The van der Waals surface area contributed by atoms with E-state index in [-0.39, 0.29) is 5.91 Å². The first-order chi connectivity index (χ1) is 15.0. The number of rotatable bonds is 6. The van der Waals surface area contributed by atoms with Gasteiger partial charge >= 0.3 is 0 Å². The Morgan fingerprint density at radius 1 is 1.23 bits per heavy atom. The quantitative estimate of drug-likeness (QED) is 0.371. The maximum absolute atomic E-state index is 12.6. The second-order valence-electron chi connectivity index (χ2n) is 8.20. The van der Waals surface area contributed by atoms with E-state index >= 15 is 0 Å². The minimum absolute atomic E-state index is 0.0311. The van der Waals surface area contributed by atoms with Gasteiger partial charge in [-0.3, -0.25) is 9.10 Å². The largest absolute Gasteiger partial charge is 0.399 e. The van der Waals surface area contributed by atoms with Crippen molar-refractivity contribution in [3.8, 4) is 0 Å². The molecule has 1 aromatic carbocycles. The van der Waals surface area contributed by atoms with Gasteiger partial charge < -0.3 is 11.1 Å². The monoisotopic (exact) mass is 444 g/mol. The molecule has 1 aliphatic heterocycles. The normalized spacial score (nSPS) is 18.4. The molecule has 6 heteroatoms. The predicted molar refractivity (Wildman–Crippen MR) is 135 cm³/mol. The molecular formula is C25H40N4OS. The van der Waals surface area contributed by atoms with E-state index in [9.17, 15) is 4.79 Å². The van der Waals surface area contributed by atoms with Crippen LogP contribution in [0, 0.1) is 6.92 Å². The number of piperidine rings is 1. The van der Waals surface area contributed by atoms with E-state index in [0.29, 0.717) is 0 Å². The molecule has 0 radical (unpaired) electrons. The van der Waals surface area contributed by atoms with E-state index in [1.807, 2.05) is 37.9 Å². The molecule has 1 saturated carbocycles. The van der Waals surface area contributed by atoms with Crippen LogP contribution >= 0.6 is 11.9 Å². The zero-order chi connectivity index (χ0) is 22.7. The number of amides is 1. The number of hydrogen-bond donors (Lipinski definition) is 2. The fraction of sp³-hybridized carbons (Fsp3) is 0.640. The van der Waals surface area contributed by atoms with Gasteiger partial charge in [0.15, 0.2) is 5.54 Å². The average Bonchev–Trinajstić information content (AvgIpc) is 2.81. The second kappa shape index (κ2) is 12.9. The molecule has 2 aliphatic rings. The number of benzene rings is 1. The van der Waals surface area contributed by atoms with Crippen LogP contribution in [0.1, 0.15) is 69.9 Å². The number of nitrogen functional groups attached to an aromatic ring is 1. The summed E-state index contributed by atoms with van der Waals surface area (Å²) < 4.78 is 2.39. The number of aryl methyl sites for hydroxylation is 2. The Morgan fingerprint density at radius 3 is 2.52 bits per heavy atom. The van der Waals surface area contributed by atoms with Crippen molar-refractivity contribution in [2.45, 2.75) is 77.7 Å². The van der Waals surface area contributed by atoms with Gasteiger partial charge in [0.25, 0.3) is 0 Å². The summed E-state index contributed by atoms with van der Waals surface area (Å²) >= 11 is 1.87. The average molecular weight is 445 g/mol. The Hall–Kier alpha value is -1.75. The summed E-state index contributed by atoms with van der Waals surface area (Å²) in [6.45, 7) is 7.87. The highest BCUT2D eigenvalue weighted by Crippen LogP contribution is 2.31. The molecule has 0 unspecified atom stereocenters. The van der Waals surface area contributed by atoms with Gasteiger partial charge in [-0.25, -0.2) is 4.99 Å². The van der Waals surface area contributed by atoms with Crippen molar-refractivity contribution in [3.05, 3.63) is 34.9 Å². The second-order valence-corrected chi connectivity index (χ2v) is 9.38. The maximum atomic E-state index is 12.6. The van der Waals surface area contributed by atoms with Gasteiger partial charge in [0.2, 0.25) is 5.91 Å². The zero-order valence-corrected chi connectivity index (χ0v) is 20.6. The molecule has 172 valence electrons. The fourth-order valence-electron chi connectivity index (χ4n) is 4.17. The van der Waals surface area contributed by atoms with E-state index in [1.54, 1.807) is 7.05 Å². The Labute approximate surface area is 193 Å². The van der Waals surface area contributed by atoms with Crippen molar-refractivity contribution in [2.75, 3.05) is 31.6 Å². The van der Waals surface area contributed by atoms with Crippen LogP contribution in [-0.4, -0.2) is 47.5 Å². The number of anilines is 1. The predicted octanol–water partition coefficient (Wildman–Crippen LogP) is 4.93. The number of carbonyl (C=O) groups excluding carboxylic acids is 1. The van der Waals surface area contributed by atoms with Gasteiger partial charge in [-0.1, -0.05) is 38.3 Å². The Bertz CT molecular complexity index is 770. The summed E-state index contributed by atoms with van der Waals surface area (Å²) in [4.78, 5) is 17.4. The van der Waals surface area contributed by atoms with Crippen LogP contribution in [0.15, 0.2) is 28.8 Å². The van der Waals surface area contributed by atoms with Crippen LogP contribution < -0.4 is 11.1 Å². The first-order valence-electron chi connectivity index (χ1n) is 11.8. The lowest BCUT2D eigenvalue weighted by atomic mass is 9.88. The summed E-state index contributed by atoms with van der Waals surface area (Å²) in [6.07, 6.45) is 8.44. The Kier molecular flexibility index (Phi) is 10.7. The van der Waals surface area contributed by atoms with Gasteiger partial charge in [0.05, 0.1) is 0 Å². The van der Waals surface area contributed by atoms with Crippen molar-refractivity contribution in [3.63, 3.8) is 0 Å². The van der Waals surface area contributed by atoms with Crippen LogP contribution in [0.4, 0.5) is 5.69 Å². The van der Waals surface area contributed by atoms with Crippen LogP contribution in [0.3, 0.4) is 0 Å². The molecule has 3 rings (SSSR count). The van der Waals surface area contributed by atoms with Crippen molar-refractivity contribution < 1.29 is 4.79 Å². The maximum Gasteiger partial charge on any atom is 0.248 e. The van der Waals surface area contributed by atoms with Crippen molar-refractivity contribution in [1.29, 1.82) is 0 Å². The molecule has 1 saturated heterocycles. The lowest BCUT2D eigenvalue weighted by Crippen LogP contribution is -2.50. The van der Waals surface area contributed by atoms with Crippen LogP contribution in [0.5, 0.6) is 0 Å². The number of carbonyl (C=O) groups is 1. The van der Waals surface area contributed by atoms with Crippen molar-refractivity contribution >= 4 is 29.4 Å². The first-order valence-corrected chi connectivity index (χ1v) is 12.7. The van der Waals surface area contributed by atoms with Crippen LogP contribution in [-0.2, 0) is 11.2 Å². The SMILES string of the molecule is CC.CNC(=O)C1(N=C=C2CCCCC2)CCN(SCCc2ccc(N)cc2C)CC1. The smallest absolute Gasteiger partial charge is 0.248 e. The molecule has 0 atom stereocenters. The minimum atomic E-state index is -0.649. The van der Waals surface area contributed by atoms with E-state index < -0.39 is 5.54 Å². The molecule has 0 spiro atoms. The molecule has 0 aromatic heterocycles. The van der Waals surface area contributed by atoms with Gasteiger partial charge in [-0.05, 0) is 86.6 Å². The number of allylic oxidation sites excluding steroid dienone is 1. The van der Waals surface area contributed by atoms with Gasteiger partial charge in [0.1, 0.15) is 0 Å². The molecule has 31 heavy (non-hydrogen) atoms. The van der Waals surface area contributed by atoms with Crippen LogP contribution in [0.25, 0.3) is 0 Å². The highest BCUT2D eigenvalue weighted by molar-refractivity contribution is 7.97. The Balaban J connectivity index is 0.00000166. The molecule has 5 nitrogen and oxygen atoms in total. The van der Waals surface area contributed by atoms with Crippen molar-refractivity contribution in [1.82, 2.24) is 9.62 Å². The third-order valence-corrected chi connectivity index (χ3v) is 7.21. The third-order valence-electron chi connectivity index (χ3n) is 6.10. The molecular weight excluding hydrogens is 404 g/mol. The number of aliphatic imine (C=N–C) groups is 1. The molecule has 1 aromatic rings. The molecule has 1 aliphatic carbocycles. The number of nitrogens with two attached hydrogens (primary N) is 1. The topological polar surface area (TPSA) is 70.7 Å². The van der Waals surface area contributed by atoms with E-state index in [2.05, 4.69) is 28.5 Å². The highest BCUT2D eigenvalue weighted by Gasteiger charge is 2.40. The summed E-state index contributed by atoms with van der Waals surface area (Å²) in [5.74, 6) is 4.35. The highest BCUT2D eigenvalue weighted by atomic mass is 32.2. The summed E-state index contributed by atoms with van der Waals surface area (Å²) in [7, 11) is 1.71. The van der Waals surface area contributed by atoms with E-state index in [0.717, 1.165) is 56.6 Å². The van der Waals surface area contributed by atoms with E-state index in [4.69, 9.17) is 10.7 Å². The summed E-state index contributed by atoms with van der Waals surface area (Å²) in [6, 6.07) is 6.15. The van der Waals surface area contributed by atoms with Gasteiger partial charge in [-0.2, -0.15) is 0 Å². The number of nitrogens with zero attached hydrogens (tertiary/aromatic N) is 2. The molecule has 2 fully saturated rings. The fourth-order valence-corrected chi connectivity index (χ4v) is 5.18. The lowest BCUT2D eigenvalue weighted by Gasteiger charge is -2.36. The summed E-state index contributed by atoms with van der Waals surface area (Å²) in [5.41, 5.74) is 9.92. The third kappa shape index (κ3) is 7.41. The lowest BCUT2D eigenvalue weighted by molar-refractivity contribution is -0.126. The van der Waals surface area contributed by atoms with Crippen LogP contribution in [0.2, 0.25) is 0 Å². The molecule has 1 amide bonds. The molecule has 1 heterocycles. The molecule has 0 bridgehead atoms. The van der Waals surface area contributed by atoms with Gasteiger partial charge in [-0.15, -0.1) is 0 Å². The minimum Gasteiger partial charge on any atom is -0.399 e. The number of nitrogens with one attached hydrogen (secondary N) is 1. The zero-order valence-electron chi connectivity index (χ0n) is 19.8. The van der Waals surface area contributed by atoms with E-state index in [1.165, 1.54) is 36.0 Å². The first kappa shape index (κ1) is 25.5. The Morgan fingerprint density at radius 2 is 1.90 bits per heavy atom. The number of hydrogen-bond acceptors (Lipinski definition) is 5. The standard InChI is InChI=1S/C23H34N4OS.C2H6/c1-18-16-21(24)9-8-20(18)10-15-29-27-13-11-23(12-14-27,22(28)25-2)26-17-19-6-4-3-5-7-19;1-2/h8-9,16H,3-7,10-15,24H2,1-2H3,(H,25,28);1-2H3. The summed E-state index contributed by atoms with van der Waals surface area (Å²) in [5, 5.41) is 2.84. The van der Waals surface area contributed by atoms with Crippen molar-refractivity contribution in [2.24, 2.45) is 4.99 Å². The van der Waals surface area contributed by atoms with Gasteiger partial charge in [0, 0.05) is 31.6 Å². The number of likely N-dealkylation sites (N-methyl/N-ethyl adjacent to an activating group) is 1. The molecule has 3 N–H and O–H groups in total.